The maximum absolute atomic E-state index is 9.22. The summed E-state index contributed by atoms with van der Waals surface area (Å²) in [4.78, 5) is 6.68. The minimum atomic E-state index is 0.274. The quantitative estimate of drug-likeness (QED) is 0.828. The molecule has 2 heterocycles. The molecule has 1 aliphatic rings. The van der Waals surface area contributed by atoms with Crippen molar-refractivity contribution in [2.45, 2.75) is 31.8 Å². The zero-order chi connectivity index (χ0) is 9.97. The standard InChI is InChI=1S/C10H16N2OS/c1-8(10-11-4-6-14-10)12-5-2-3-9(12)7-13/h4,6,8-9,13H,2-3,5,7H2,1H3/t8-,9-/m0/s1. The molecule has 0 bridgehead atoms. The van der Waals surface area contributed by atoms with E-state index < -0.39 is 0 Å². The zero-order valence-electron chi connectivity index (χ0n) is 8.39. The zero-order valence-corrected chi connectivity index (χ0v) is 9.20. The van der Waals surface area contributed by atoms with Gasteiger partial charge in [-0.15, -0.1) is 11.3 Å². The normalized spacial score (nSPS) is 25.4. The maximum atomic E-state index is 9.22. The average molecular weight is 212 g/mol. The maximum Gasteiger partial charge on any atom is 0.109 e. The van der Waals surface area contributed by atoms with Crippen LogP contribution in [0, 0.1) is 0 Å². The molecule has 0 unspecified atom stereocenters. The first-order valence-electron chi connectivity index (χ1n) is 5.09. The van der Waals surface area contributed by atoms with Crippen LogP contribution in [0.1, 0.15) is 30.8 Å². The van der Waals surface area contributed by atoms with Crippen molar-refractivity contribution >= 4 is 11.3 Å². The Hall–Kier alpha value is -0.450. The van der Waals surface area contributed by atoms with Crippen LogP contribution >= 0.6 is 11.3 Å². The van der Waals surface area contributed by atoms with Crippen LogP contribution in [0.25, 0.3) is 0 Å². The van der Waals surface area contributed by atoms with Crippen molar-refractivity contribution in [3.05, 3.63) is 16.6 Å². The van der Waals surface area contributed by atoms with E-state index in [0.29, 0.717) is 12.1 Å². The summed E-state index contributed by atoms with van der Waals surface area (Å²) in [6.45, 7) is 3.54. The monoisotopic (exact) mass is 212 g/mol. The number of aliphatic hydroxyl groups is 1. The molecule has 0 radical (unpaired) electrons. The SMILES string of the molecule is C[C@@H](c1nccs1)N1CCC[C@H]1CO. The first-order chi connectivity index (χ1) is 6.83. The van der Waals surface area contributed by atoms with Gasteiger partial charge in [-0.25, -0.2) is 4.98 Å². The number of nitrogens with zero attached hydrogens (tertiary/aromatic N) is 2. The van der Waals surface area contributed by atoms with Gasteiger partial charge in [0.25, 0.3) is 0 Å². The molecule has 78 valence electrons. The van der Waals surface area contributed by atoms with E-state index in [0.717, 1.165) is 18.0 Å². The third-order valence-electron chi connectivity index (χ3n) is 2.94. The van der Waals surface area contributed by atoms with Gasteiger partial charge in [0.1, 0.15) is 5.01 Å². The molecule has 1 aromatic rings. The number of rotatable bonds is 3. The Labute approximate surface area is 88.4 Å². The number of likely N-dealkylation sites (tertiary alicyclic amines) is 1. The third kappa shape index (κ3) is 1.82. The lowest BCUT2D eigenvalue weighted by atomic mass is 10.2. The molecular formula is C10H16N2OS. The van der Waals surface area contributed by atoms with Crippen molar-refractivity contribution < 1.29 is 5.11 Å². The average Bonchev–Trinajstić information content (AvgIpc) is 2.87. The van der Waals surface area contributed by atoms with Gasteiger partial charge in [0.05, 0.1) is 12.6 Å². The second-order valence-electron chi connectivity index (χ2n) is 3.76. The molecule has 1 saturated heterocycles. The Morgan fingerprint density at radius 1 is 1.79 bits per heavy atom. The lowest BCUT2D eigenvalue weighted by molar-refractivity contribution is 0.126. The van der Waals surface area contributed by atoms with Gasteiger partial charge in [0, 0.05) is 17.6 Å². The van der Waals surface area contributed by atoms with Gasteiger partial charge < -0.3 is 5.11 Å². The van der Waals surface area contributed by atoms with Crippen LogP contribution in [0.3, 0.4) is 0 Å². The van der Waals surface area contributed by atoms with Gasteiger partial charge >= 0.3 is 0 Å². The molecule has 2 atom stereocenters. The molecule has 1 aliphatic heterocycles. The Morgan fingerprint density at radius 3 is 3.29 bits per heavy atom. The topological polar surface area (TPSA) is 36.4 Å². The second-order valence-corrected chi connectivity index (χ2v) is 4.69. The van der Waals surface area contributed by atoms with Gasteiger partial charge in [0.15, 0.2) is 0 Å². The van der Waals surface area contributed by atoms with E-state index >= 15 is 0 Å². The molecule has 0 amide bonds. The second kappa shape index (κ2) is 4.38. The molecular weight excluding hydrogens is 196 g/mol. The van der Waals surface area contributed by atoms with Crippen molar-refractivity contribution in [3.63, 3.8) is 0 Å². The molecule has 14 heavy (non-hydrogen) atoms. The van der Waals surface area contributed by atoms with E-state index in [1.165, 1.54) is 6.42 Å². The van der Waals surface area contributed by atoms with E-state index in [1.807, 2.05) is 11.6 Å². The Kier molecular flexibility index (Phi) is 3.15. The highest BCUT2D eigenvalue weighted by atomic mass is 32.1. The van der Waals surface area contributed by atoms with Crippen LogP contribution in [0.5, 0.6) is 0 Å². The van der Waals surface area contributed by atoms with Gasteiger partial charge in [-0.2, -0.15) is 0 Å². The largest absolute Gasteiger partial charge is 0.395 e. The van der Waals surface area contributed by atoms with Gasteiger partial charge in [-0.3, -0.25) is 4.90 Å². The summed E-state index contributed by atoms with van der Waals surface area (Å²) >= 11 is 1.70. The molecule has 1 fully saturated rings. The molecule has 0 spiro atoms. The molecule has 0 saturated carbocycles. The van der Waals surface area contributed by atoms with Crippen molar-refractivity contribution in [3.8, 4) is 0 Å². The molecule has 1 N–H and O–H groups in total. The first kappa shape index (κ1) is 10.1. The number of hydrogen-bond acceptors (Lipinski definition) is 4. The van der Waals surface area contributed by atoms with E-state index in [4.69, 9.17) is 0 Å². The Morgan fingerprint density at radius 2 is 2.64 bits per heavy atom. The molecule has 0 aromatic carbocycles. The number of hydrogen-bond donors (Lipinski definition) is 1. The van der Waals surface area contributed by atoms with E-state index in [9.17, 15) is 5.11 Å². The van der Waals surface area contributed by atoms with Crippen molar-refractivity contribution in [2.75, 3.05) is 13.2 Å². The van der Waals surface area contributed by atoms with Gasteiger partial charge in [0.2, 0.25) is 0 Å². The van der Waals surface area contributed by atoms with Crippen LogP contribution in [0.4, 0.5) is 0 Å². The Balaban J connectivity index is 2.07. The molecule has 4 heteroatoms. The Bertz CT molecular complexity index is 276. The minimum absolute atomic E-state index is 0.274. The molecule has 0 aliphatic carbocycles. The fraction of sp³-hybridized carbons (Fsp3) is 0.700. The molecule has 3 nitrogen and oxygen atoms in total. The summed E-state index contributed by atoms with van der Waals surface area (Å²) in [6.07, 6.45) is 4.16. The third-order valence-corrected chi connectivity index (χ3v) is 3.89. The van der Waals surface area contributed by atoms with Crippen molar-refractivity contribution in [1.29, 1.82) is 0 Å². The summed E-state index contributed by atoms with van der Waals surface area (Å²) in [5.41, 5.74) is 0. The van der Waals surface area contributed by atoms with Crippen molar-refractivity contribution in [2.24, 2.45) is 0 Å². The number of aromatic nitrogens is 1. The first-order valence-corrected chi connectivity index (χ1v) is 5.97. The highest BCUT2D eigenvalue weighted by Crippen LogP contribution is 2.29. The smallest absolute Gasteiger partial charge is 0.109 e. The van der Waals surface area contributed by atoms with E-state index in [-0.39, 0.29) is 6.61 Å². The van der Waals surface area contributed by atoms with Crippen LogP contribution in [-0.4, -0.2) is 34.2 Å². The fourth-order valence-corrected chi connectivity index (χ4v) is 2.86. The predicted octanol–water partition coefficient (Wildman–Crippen LogP) is 1.66. The summed E-state index contributed by atoms with van der Waals surface area (Å²) in [7, 11) is 0. The van der Waals surface area contributed by atoms with Gasteiger partial charge in [-0.05, 0) is 26.3 Å². The van der Waals surface area contributed by atoms with Crippen LogP contribution in [0.15, 0.2) is 11.6 Å². The summed E-state index contributed by atoms with van der Waals surface area (Å²) in [6, 6.07) is 0.698. The summed E-state index contributed by atoms with van der Waals surface area (Å²) in [5.74, 6) is 0. The predicted molar refractivity (Wildman–Crippen MR) is 57.3 cm³/mol. The van der Waals surface area contributed by atoms with Crippen molar-refractivity contribution in [1.82, 2.24) is 9.88 Å². The molecule has 2 rings (SSSR count). The van der Waals surface area contributed by atoms with Gasteiger partial charge in [-0.1, -0.05) is 0 Å². The minimum Gasteiger partial charge on any atom is -0.395 e. The fourth-order valence-electron chi connectivity index (χ4n) is 2.15. The van der Waals surface area contributed by atoms with E-state index in [1.54, 1.807) is 11.3 Å². The van der Waals surface area contributed by atoms with E-state index in [2.05, 4.69) is 16.8 Å². The lowest BCUT2D eigenvalue weighted by Crippen LogP contribution is -2.34. The van der Waals surface area contributed by atoms with Crippen LogP contribution < -0.4 is 0 Å². The molecule has 1 aromatic heterocycles. The van der Waals surface area contributed by atoms with Crippen LogP contribution in [-0.2, 0) is 0 Å². The highest BCUT2D eigenvalue weighted by Gasteiger charge is 2.29. The van der Waals surface area contributed by atoms with Crippen LogP contribution in [0.2, 0.25) is 0 Å². The lowest BCUT2D eigenvalue weighted by Gasteiger charge is -2.27. The summed E-state index contributed by atoms with van der Waals surface area (Å²) < 4.78 is 0. The number of thiazole rings is 1. The summed E-state index contributed by atoms with van der Waals surface area (Å²) in [5, 5.41) is 12.4. The number of aliphatic hydroxyl groups excluding tert-OH is 1. The highest BCUT2D eigenvalue weighted by molar-refractivity contribution is 7.09.